The monoisotopic (exact) mass is 324 g/mol. The van der Waals surface area contributed by atoms with Gasteiger partial charge in [-0.3, -0.25) is 9.78 Å². The summed E-state index contributed by atoms with van der Waals surface area (Å²) in [5, 5.41) is 3.74. The van der Waals surface area contributed by atoms with Crippen LogP contribution in [0.1, 0.15) is 27.7 Å². The predicted molar refractivity (Wildman–Crippen MR) is 90.5 cm³/mol. The lowest BCUT2D eigenvalue weighted by Crippen LogP contribution is -2.29. The van der Waals surface area contributed by atoms with E-state index < -0.39 is 0 Å². The highest BCUT2D eigenvalue weighted by Gasteiger charge is 2.19. The van der Waals surface area contributed by atoms with Crippen molar-refractivity contribution >= 4 is 17.7 Å². The van der Waals surface area contributed by atoms with E-state index in [0.29, 0.717) is 10.9 Å². The zero-order valence-corrected chi connectivity index (χ0v) is 13.4. The molecule has 1 amide bonds. The molecule has 3 rings (SSSR count). The molecular weight excluding hydrogens is 308 g/mol. The van der Waals surface area contributed by atoms with Crippen LogP contribution in [-0.2, 0) is 0 Å². The number of aromatic nitrogens is 1. The van der Waals surface area contributed by atoms with Crippen molar-refractivity contribution < 1.29 is 9.21 Å². The van der Waals surface area contributed by atoms with Gasteiger partial charge in [-0.1, -0.05) is 48.2 Å². The van der Waals surface area contributed by atoms with Gasteiger partial charge in [0, 0.05) is 12.4 Å². The molecule has 4 nitrogen and oxygen atoms in total. The van der Waals surface area contributed by atoms with Gasteiger partial charge in [0.15, 0.2) is 10.9 Å². The number of rotatable bonds is 5. The average molecular weight is 324 g/mol. The summed E-state index contributed by atoms with van der Waals surface area (Å²) in [4.78, 5) is 16.6. The number of amides is 1. The Morgan fingerprint density at radius 3 is 2.52 bits per heavy atom. The number of benzene rings is 1. The van der Waals surface area contributed by atoms with Gasteiger partial charge in [0.2, 0.25) is 0 Å². The Kier molecular flexibility index (Phi) is 4.78. The lowest BCUT2D eigenvalue weighted by molar-refractivity contribution is 0.0910. The molecule has 0 aliphatic rings. The zero-order valence-electron chi connectivity index (χ0n) is 12.6. The lowest BCUT2D eigenvalue weighted by Gasteiger charge is -2.18. The molecule has 23 heavy (non-hydrogen) atoms. The summed E-state index contributed by atoms with van der Waals surface area (Å²) in [5.74, 6) is 0.0576. The van der Waals surface area contributed by atoms with Crippen LogP contribution in [0.4, 0.5) is 0 Å². The normalized spacial score (nSPS) is 11.9. The Balaban J connectivity index is 1.88. The molecule has 2 aromatic heterocycles. The molecule has 116 valence electrons. The number of pyridine rings is 1. The molecule has 0 aliphatic carbocycles. The summed E-state index contributed by atoms with van der Waals surface area (Å²) in [6.07, 6.45) is 5.38. The molecule has 0 unspecified atom stereocenters. The highest BCUT2D eigenvalue weighted by Crippen LogP contribution is 2.23. The van der Waals surface area contributed by atoms with E-state index >= 15 is 0 Å². The van der Waals surface area contributed by atoms with E-state index in [2.05, 4.69) is 10.3 Å². The molecular formula is C18H16N2O2S. The molecule has 0 aliphatic heterocycles. The second kappa shape index (κ2) is 7.15. The molecule has 0 saturated heterocycles. The van der Waals surface area contributed by atoms with Crippen molar-refractivity contribution in [1.29, 1.82) is 0 Å². The van der Waals surface area contributed by atoms with Crippen molar-refractivity contribution in [2.75, 3.05) is 6.26 Å². The predicted octanol–water partition coefficient (Wildman–Crippen LogP) is 3.92. The first-order valence-corrected chi connectivity index (χ1v) is 8.40. The minimum absolute atomic E-state index is 0.247. The largest absolute Gasteiger partial charge is 0.445 e. The van der Waals surface area contributed by atoms with Crippen LogP contribution in [0.5, 0.6) is 0 Å². The summed E-state index contributed by atoms with van der Waals surface area (Å²) < 4.78 is 5.50. The highest BCUT2D eigenvalue weighted by molar-refractivity contribution is 7.98. The van der Waals surface area contributed by atoms with Gasteiger partial charge in [0.25, 0.3) is 5.91 Å². The highest BCUT2D eigenvalue weighted by atomic mass is 32.2. The van der Waals surface area contributed by atoms with Crippen LogP contribution in [0.25, 0.3) is 0 Å². The maximum Gasteiger partial charge on any atom is 0.287 e. The van der Waals surface area contributed by atoms with Crippen molar-refractivity contribution in [1.82, 2.24) is 10.3 Å². The van der Waals surface area contributed by atoms with Gasteiger partial charge in [-0.05, 0) is 35.6 Å². The molecule has 2 heterocycles. The smallest absolute Gasteiger partial charge is 0.287 e. The Bertz CT molecular complexity index is 732. The lowest BCUT2D eigenvalue weighted by atomic mass is 10.00. The van der Waals surface area contributed by atoms with Crippen LogP contribution >= 0.6 is 11.8 Å². The Labute approximate surface area is 138 Å². The van der Waals surface area contributed by atoms with Crippen LogP contribution in [0.15, 0.2) is 76.5 Å². The molecule has 0 radical (unpaired) electrons. The number of carbonyl (C=O) groups is 1. The number of nitrogens with one attached hydrogen (secondary N) is 1. The van der Waals surface area contributed by atoms with E-state index in [1.54, 1.807) is 24.5 Å². The summed E-state index contributed by atoms with van der Waals surface area (Å²) in [6.45, 7) is 0. The van der Waals surface area contributed by atoms with Crippen molar-refractivity contribution in [3.63, 3.8) is 0 Å². The molecule has 0 bridgehead atoms. The third kappa shape index (κ3) is 3.63. The fraction of sp³-hybridized carbons (Fsp3) is 0.111. The van der Waals surface area contributed by atoms with E-state index in [4.69, 9.17) is 4.42 Å². The van der Waals surface area contributed by atoms with E-state index in [0.717, 1.165) is 11.1 Å². The third-order valence-corrected chi connectivity index (χ3v) is 4.05. The van der Waals surface area contributed by atoms with Crippen LogP contribution in [0, 0.1) is 0 Å². The van der Waals surface area contributed by atoms with Crippen LogP contribution in [0.3, 0.4) is 0 Å². The minimum atomic E-state index is -0.278. The van der Waals surface area contributed by atoms with E-state index in [1.807, 2.05) is 48.7 Å². The van der Waals surface area contributed by atoms with E-state index in [9.17, 15) is 4.79 Å². The number of hydrogen-bond donors (Lipinski definition) is 1. The van der Waals surface area contributed by atoms with Crippen molar-refractivity contribution in [2.45, 2.75) is 11.1 Å². The van der Waals surface area contributed by atoms with Crippen LogP contribution in [0.2, 0.25) is 0 Å². The van der Waals surface area contributed by atoms with Crippen LogP contribution < -0.4 is 5.32 Å². The van der Waals surface area contributed by atoms with Crippen LogP contribution in [-0.4, -0.2) is 17.1 Å². The topological polar surface area (TPSA) is 55.1 Å². The molecule has 0 saturated carbocycles. The summed E-state index contributed by atoms with van der Waals surface area (Å²) in [5.41, 5.74) is 1.91. The zero-order chi connectivity index (χ0) is 16.1. The van der Waals surface area contributed by atoms with Crippen molar-refractivity contribution in [2.24, 2.45) is 0 Å². The molecule has 5 heteroatoms. The van der Waals surface area contributed by atoms with Gasteiger partial charge >= 0.3 is 0 Å². The SMILES string of the molecule is CSc1ccc(C(=O)N[C@@H](c2ccccc2)c2cccnc2)o1. The molecule has 0 fully saturated rings. The average Bonchev–Trinajstić information content (AvgIpc) is 3.10. The number of carbonyl (C=O) groups excluding carboxylic acids is 1. The molecule has 1 aromatic carbocycles. The first kappa shape index (κ1) is 15.4. The molecule has 0 spiro atoms. The molecule has 1 atom stereocenters. The fourth-order valence-electron chi connectivity index (χ4n) is 2.31. The van der Waals surface area contributed by atoms with Gasteiger partial charge in [-0.2, -0.15) is 0 Å². The molecule has 3 aromatic rings. The molecule has 1 N–H and O–H groups in total. The number of furan rings is 1. The maximum absolute atomic E-state index is 12.5. The van der Waals surface area contributed by atoms with Gasteiger partial charge in [-0.15, -0.1) is 0 Å². The second-order valence-corrected chi connectivity index (χ2v) is 5.74. The first-order valence-electron chi connectivity index (χ1n) is 7.17. The summed E-state index contributed by atoms with van der Waals surface area (Å²) >= 11 is 1.46. The first-order chi connectivity index (χ1) is 11.3. The number of hydrogen-bond acceptors (Lipinski definition) is 4. The van der Waals surface area contributed by atoms with Gasteiger partial charge in [0.05, 0.1) is 6.04 Å². The summed E-state index contributed by atoms with van der Waals surface area (Å²) in [7, 11) is 0. The van der Waals surface area contributed by atoms with Crippen molar-refractivity contribution in [3.8, 4) is 0 Å². The quantitative estimate of drug-likeness (QED) is 0.723. The standard InChI is InChI=1S/C18H16N2O2S/c1-23-16-10-9-15(22-16)18(21)20-17(13-6-3-2-4-7-13)14-8-5-11-19-12-14/h2-12,17H,1H3,(H,20,21)/t17-/m0/s1. The summed E-state index contributed by atoms with van der Waals surface area (Å²) in [6, 6.07) is 16.8. The fourth-order valence-corrected chi connectivity index (χ4v) is 2.68. The van der Waals surface area contributed by atoms with E-state index in [1.165, 1.54) is 11.8 Å². The second-order valence-electron chi connectivity index (χ2n) is 4.93. The Morgan fingerprint density at radius 2 is 1.87 bits per heavy atom. The Hall–Kier alpha value is -2.53. The number of nitrogens with zero attached hydrogens (tertiary/aromatic N) is 1. The van der Waals surface area contributed by atoms with Gasteiger partial charge < -0.3 is 9.73 Å². The Morgan fingerprint density at radius 1 is 1.09 bits per heavy atom. The van der Waals surface area contributed by atoms with E-state index in [-0.39, 0.29) is 11.9 Å². The minimum Gasteiger partial charge on any atom is -0.445 e. The van der Waals surface area contributed by atoms with Gasteiger partial charge in [0.1, 0.15) is 0 Å². The van der Waals surface area contributed by atoms with Crippen molar-refractivity contribution in [3.05, 3.63) is 83.9 Å². The number of thioether (sulfide) groups is 1. The maximum atomic E-state index is 12.5. The van der Waals surface area contributed by atoms with Gasteiger partial charge in [-0.25, -0.2) is 0 Å². The third-order valence-electron chi connectivity index (χ3n) is 3.43.